The predicted molar refractivity (Wildman–Crippen MR) is 68.9 cm³/mol. The van der Waals surface area contributed by atoms with Crippen LogP contribution in [0.25, 0.3) is 0 Å². The van der Waals surface area contributed by atoms with Gasteiger partial charge in [-0.15, -0.1) is 0 Å². The fraction of sp³-hybridized carbons (Fsp3) is 0.429. The van der Waals surface area contributed by atoms with Crippen molar-refractivity contribution in [3.8, 4) is 11.5 Å². The van der Waals surface area contributed by atoms with Gasteiger partial charge < -0.3 is 19.5 Å². The maximum absolute atomic E-state index is 12.5. The molecule has 0 aromatic heterocycles. The lowest BCUT2D eigenvalue weighted by Gasteiger charge is -2.33. The van der Waals surface area contributed by atoms with Gasteiger partial charge in [0, 0.05) is 12.1 Å². The topological polar surface area (TPSA) is 76.1 Å². The standard InChI is InChI=1S/C14H15NO5/c16-13(15-6-2-1-3-10(15)14(17)18)9-4-5-11-12(7-9)20-8-19-11/h4-5,7,10H,1-3,6,8H2,(H,17,18)/t10-/m0/s1. The molecule has 0 aliphatic carbocycles. The van der Waals surface area contributed by atoms with Crippen molar-refractivity contribution < 1.29 is 24.2 Å². The average Bonchev–Trinajstić information content (AvgIpc) is 2.93. The van der Waals surface area contributed by atoms with Crippen molar-refractivity contribution in [1.29, 1.82) is 0 Å². The lowest BCUT2D eigenvalue weighted by atomic mass is 10.0. The number of amides is 1. The van der Waals surface area contributed by atoms with E-state index in [9.17, 15) is 14.7 Å². The number of benzene rings is 1. The summed E-state index contributed by atoms with van der Waals surface area (Å²) in [6.45, 7) is 0.624. The Morgan fingerprint density at radius 2 is 2.00 bits per heavy atom. The Balaban J connectivity index is 1.85. The number of rotatable bonds is 2. The lowest BCUT2D eigenvalue weighted by molar-refractivity contribution is -0.143. The first-order chi connectivity index (χ1) is 9.66. The van der Waals surface area contributed by atoms with Gasteiger partial charge in [0.05, 0.1) is 0 Å². The number of carboxylic acids is 1. The molecule has 2 aliphatic rings. The molecule has 1 aromatic rings. The number of aliphatic carboxylic acids is 1. The lowest BCUT2D eigenvalue weighted by Crippen LogP contribution is -2.47. The highest BCUT2D eigenvalue weighted by molar-refractivity contribution is 5.97. The number of carboxylic acid groups (broad SMARTS) is 1. The molecule has 2 heterocycles. The van der Waals surface area contributed by atoms with Crippen LogP contribution in [0.15, 0.2) is 18.2 Å². The van der Waals surface area contributed by atoms with E-state index >= 15 is 0 Å². The zero-order valence-corrected chi connectivity index (χ0v) is 10.9. The zero-order chi connectivity index (χ0) is 14.1. The van der Waals surface area contributed by atoms with Crippen LogP contribution < -0.4 is 9.47 Å². The summed E-state index contributed by atoms with van der Waals surface area (Å²) in [4.78, 5) is 25.2. The van der Waals surface area contributed by atoms with E-state index in [4.69, 9.17) is 9.47 Å². The van der Waals surface area contributed by atoms with Crippen molar-refractivity contribution in [2.45, 2.75) is 25.3 Å². The number of ether oxygens (including phenoxy) is 2. The van der Waals surface area contributed by atoms with Gasteiger partial charge >= 0.3 is 5.97 Å². The Hall–Kier alpha value is -2.24. The molecule has 1 aromatic carbocycles. The third-order valence-electron chi connectivity index (χ3n) is 3.67. The van der Waals surface area contributed by atoms with Crippen LogP contribution in [0.2, 0.25) is 0 Å². The van der Waals surface area contributed by atoms with Crippen LogP contribution in [0.1, 0.15) is 29.6 Å². The molecule has 6 nitrogen and oxygen atoms in total. The molecule has 0 saturated carbocycles. The van der Waals surface area contributed by atoms with Crippen LogP contribution in [-0.2, 0) is 4.79 Å². The van der Waals surface area contributed by atoms with Crippen molar-refractivity contribution in [2.75, 3.05) is 13.3 Å². The molecule has 6 heteroatoms. The second-order valence-electron chi connectivity index (χ2n) is 4.92. The van der Waals surface area contributed by atoms with Gasteiger partial charge in [0.2, 0.25) is 6.79 Å². The smallest absolute Gasteiger partial charge is 0.326 e. The molecule has 0 spiro atoms. The summed E-state index contributed by atoms with van der Waals surface area (Å²) in [5.74, 6) is -0.0797. The minimum absolute atomic E-state index is 0.147. The highest BCUT2D eigenvalue weighted by Crippen LogP contribution is 2.33. The minimum Gasteiger partial charge on any atom is -0.480 e. The molecule has 106 valence electrons. The molecule has 1 atom stereocenters. The maximum Gasteiger partial charge on any atom is 0.326 e. The van der Waals surface area contributed by atoms with Crippen molar-refractivity contribution in [1.82, 2.24) is 4.90 Å². The Kier molecular flexibility index (Phi) is 3.22. The van der Waals surface area contributed by atoms with E-state index in [2.05, 4.69) is 0 Å². The van der Waals surface area contributed by atoms with Gasteiger partial charge in [-0.1, -0.05) is 0 Å². The summed E-state index contributed by atoms with van der Waals surface area (Å²) in [5, 5.41) is 9.22. The average molecular weight is 277 g/mol. The number of fused-ring (bicyclic) bond motifs is 1. The molecular weight excluding hydrogens is 262 g/mol. The quantitative estimate of drug-likeness (QED) is 0.886. The minimum atomic E-state index is -0.946. The van der Waals surface area contributed by atoms with E-state index in [1.54, 1.807) is 18.2 Å². The molecule has 1 saturated heterocycles. The first kappa shape index (κ1) is 12.8. The number of hydrogen-bond acceptors (Lipinski definition) is 4. The summed E-state index contributed by atoms with van der Waals surface area (Å²) in [6, 6.07) is 4.19. The van der Waals surface area contributed by atoms with Gasteiger partial charge in [-0.3, -0.25) is 4.79 Å². The Morgan fingerprint density at radius 3 is 2.80 bits per heavy atom. The molecule has 0 unspecified atom stereocenters. The summed E-state index contributed by atoms with van der Waals surface area (Å²) < 4.78 is 10.4. The Bertz CT molecular complexity index is 556. The van der Waals surface area contributed by atoms with Gasteiger partial charge in [0.1, 0.15) is 6.04 Å². The van der Waals surface area contributed by atoms with Gasteiger partial charge in [-0.25, -0.2) is 4.79 Å². The van der Waals surface area contributed by atoms with E-state index in [1.807, 2.05) is 0 Å². The van der Waals surface area contributed by atoms with Gasteiger partial charge in [0.15, 0.2) is 11.5 Å². The van der Waals surface area contributed by atoms with E-state index in [0.29, 0.717) is 30.0 Å². The summed E-state index contributed by atoms with van der Waals surface area (Å²) in [6.07, 6.45) is 2.17. The predicted octanol–water partition coefficient (Wildman–Crippen LogP) is 1.49. The van der Waals surface area contributed by atoms with Crippen LogP contribution in [0, 0.1) is 0 Å². The second kappa shape index (κ2) is 5.03. The van der Waals surface area contributed by atoms with E-state index < -0.39 is 12.0 Å². The highest BCUT2D eigenvalue weighted by atomic mass is 16.7. The molecule has 1 amide bonds. The van der Waals surface area contributed by atoms with Gasteiger partial charge in [-0.05, 0) is 37.5 Å². The number of nitrogens with zero attached hydrogens (tertiary/aromatic N) is 1. The van der Waals surface area contributed by atoms with Crippen molar-refractivity contribution in [3.63, 3.8) is 0 Å². The number of hydrogen-bond donors (Lipinski definition) is 1. The molecule has 1 fully saturated rings. The van der Waals surface area contributed by atoms with Crippen LogP contribution in [0.5, 0.6) is 11.5 Å². The Morgan fingerprint density at radius 1 is 1.20 bits per heavy atom. The third-order valence-corrected chi connectivity index (χ3v) is 3.67. The molecule has 2 aliphatic heterocycles. The first-order valence-electron chi connectivity index (χ1n) is 6.60. The van der Waals surface area contributed by atoms with Crippen LogP contribution >= 0.6 is 0 Å². The second-order valence-corrected chi connectivity index (χ2v) is 4.92. The number of likely N-dealkylation sites (tertiary alicyclic amines) is 1. The monoisotopic (exact) mass is 277 g/mol. The maximum atomic E-state index is 12.5. The van der Waals surface area contributed by atoms with Crippen LogP contribution in [0.4, 0.5) is 0 Å². The van der Waals surface area contributed by atoms with Crippen molar-refractivity contribution >= 4 is 11.9 Å². The van der Waals surface area contributed by atoms with Gasteiger partial charge in [0.25, 0.3) is 5.91 Å². The first-order valence-corrected chi connectivity index (χ1v) is 6.60. The van der Waals surface area contributed by atoms with Gasteiger partial charge in [-0.2, -0.15) is 0 Å². The largest absolute Gasteiger partial charge is 0.480 e. The van der Waals surface area contributed by atoms with E-state index in [1.165, 1.54) is 4.90 Å². The summed E-state index contributed by atoms with van der Waals surface area (Å²) >= 11 is 0. The fourth-order valence-corrected chi connectivity index (χ4v) is 2.63. The number of carbonyl (C=O) groups is 2. The molecule has 0 bridgehead atoms. The third kappa shape index (κ3) is 2.17. The summed E-state index contributed by atoms with van der Waals surface area (Å²) in [7, 11) is 0. The van der Waals surface area contributed by atoms with Crippen molar-refractivity contribution in [3.05, 3.63) is 23.8 Å². The SMILES string of the molecule is O=C(O)[C@@H]1CCCCN1C(=O)c1ccc2c(c1)OCO2. The molecule has 0 radical (unpaired) electrons. The van der Waals surface area contributed by atoms with E-state index in [-0.39, 0.29) is 12.7 Å². The molecule has 20 heavy (non-hydrogen) atoms. The Labute approximate surface area is 115 Å². The van der Waals surface area contributed by atoms with E-state index in [0.717, 1.165) is 12.8 Å². The van der Waals surface area contributed by atoms with Crippen LogP contribution in [0.3, 0.4) is 0 Å². The molecule has 3 rings (SSSR count). The molecular formula is C14H15NO5. The van der Waals surface area contributed by atoms with Crippen LogP contribution in [-0.4, -0.2) is 41.3 Å². The molecule has 1 N–H and O–H groups in total. The number of piperidine rings is 1. The zero-order valence-electron chi connectivity index (χ0n) is 10.9. The summed E-state index contributed by atoms with van der Waals surface area (Å²) in [5.41, 5.74) is 0.433. The number of carbonyl (C=O) groups excluding carboxylic acids is 1. The normalized spacial score (nSPS) is 20.8. The highest BCUT2D eigenvalue weighted by Gasteiger charge is 2.32. The fourth-order valence-electron chi connectivity index (χ4n) is 2.63. The van der Waals surface area contributed by atoms with Crippen molar-refractivity contribution in [2.24, 2.45) is 0 Å².